The van der Waals surface area contributed by atoms with Crippen LogP contribution in [0.15, 0.2) is 12.4 Å². The lowest BCUT2D eigenvalue weighted by molar-refractivity contribution is 0.0948. The van der Waals surface area contributed by atoms with Crippen molar-refractivity contribution in [3.8, 4) is 0 Å². The number of aromatic nitrogens is 3. The van der Waals surface area contributed by atoms with E-state index in [1.54, 1.807) is 0 Å². The zero-order valence-electron chi connectivity index (χ0n) is 11.7. The molecular formula is C14H18N4OS. The summed E-state index contributed by atoms with van der Waals surface area (Å²) >= 11 is 1.46. The summed E-state index contributed by atoms with van der Waals surface area (Å²) in [4.78, 5) is 21.5. The Balaban J connectivity index is 1.58. The molecule has 20 heavy (non-hydrogen) atoms. The largest absolute Gasteiger partial charge is 0.351 e. The number of fused-ring (bicyclic) bond motifs is 1. The highest BCUT2D eigenvalue weighted by Gasteiger charge is 2.21. The van der Waals surface area contributed by atoms with Gasteiger partial charge in [-0.1, -0.05) is 0 Å². The van der Waals surface area contributed by atoms with Gasteiger partial charge in [-0.25, -0.2) is 9.97 Å². The average Bonchev–Trinajstić information content (AvgIpc) is 3.01. The molecule has 106 valence electrons. The molecule has 1 atom stereocenters. The number of amides is 1. The van der Waals surface area contributed by atoms with Crippen LogP contribution in [0.4, 0.5) is 0 Å². The van der Waals surface area contributed by atoms with Gasteiger partial charge in [-0.2, -0.15) is 0 Å². The predicted octanol–water partition coefficient (Wildman–Crippen LogP) is 1.95. The fourth-order valence-electron chi connectivity index (χ4n) is 2.65. The maximum Gasteiger partial charge on any atom is 0.263 e. The van der Waals surface area contributed by atoms with Gasteiger partial charge in [-0.3, -0.25) is 4.79 Å². The van der Waals surface area contributed by atoms with Gasteiger partial charge in [0.15, 0.2) is 0 Å². The summed E-state index contributed by atoms with van der Waals surface area (Å²) in [6.07, 6.45) is 5.89. The highest BCUT2D eigenvalue weighted by atomic mass is 32.1. The van der Waals surface area contributed by atoms with E-state index in [1.165, 1.54) is 11.3 Å². The number of carbonyl (C=O) groups excluding carboxylic acids is 1. The van der Waals surface area contributed by atoms with Crippen LogP contribution in [0.2, 0.25) is 0 Å². The van der Waals surface area contributed by atoms with Gasteiger partial charge in [-0.15, -0.1) is 11.3 Å². The van der Waals surface area contributed by atoms with Crippen LogP contribution in [0, 0.1) is 19.8 Å². The van der Waals surface area contributed by atoms with Gasteiger partial charge in [0.1, 0.15) is 10.7 Å². The first-order valence-corrected chi connectivity index (χ1v) is 7.67. The Bertz CT molecular complexity index is 631. The van der Waals surface area contributed by atoms with Gasteiger partial charge in [-0.05, 0) is 26.2 Å². The minimum Gasteiger partial charge on any atom is -0.351 e. The van der Waals surface area contributed by atoms with E-state index in [0.717, 1.165) is 40.8 Å². The standard InChI is InChI=1S/C14H18N4OS/c1-9-13(20-10(2)17-9)14(19)16-8-11-3-5-18-6-4-15-12(18)7-11/h4,6,11H,3,5,7-8H2,1-2H3,(H,16,19)/t11-/m0/s1. The lowest BCUT2D eigenvalue weighted by atomic mass is 9.98. The van der Waals surface area contributed by atoms with Crippen molar-refractivity contribution in [2.24, 2.45) is 5.92 Å². The quantitative estimate of drug-likeness (QED) is 0.940. The highest BCUT2D eigenvalue weighted by Crippen LogP contribution is 2.20. The number of rotatable bonds is 3. The molecule has 1 aliphatic rings. The van der Waals surface area contributed by atoms with Crippen LogP contribution in [0.1, 0.15) is 32.6 Å². The van der Waals surface area contributed by atoms with Crippen molar-refractivity contribution in [3.05, 3.63) is 33.8 Å². The second kappa shape index (κ2) is 5.36. The Kier molecular flexibility index (Phi) is 3.56. The summed E-state index contributed by atoms with van der Waals surface area (Å²) in [6.45, 7) is 5.52. The fraction of sp³-hybridized carbons (Fsp3) is 0.500. The van der Waals surface area contributed by atoms with Crippen molar-refractivity contribution in [3.63, 3.8) is 0 Å². The summed E-state index contributed by atoms with van der Waals surface area (Å²) in [5, 5.41) is 3.98. The lowest BCUT2D eigenvalue weighted by Crippen LogP contribution is -2.33. The van der Waals surface area contributed by atoms with Crippen LogP contribution in [-0.4, -0.2) is 27.0 Å². The number of nitrogens with one attached hydrogen (secondary N) is 1. The molecule has 1 N–H and O–H groups in total. The third-order valence-electron chi connectivity index (χ3n) is 3.71. The third-order valence-corrected chi connectivity index (χ3v) is 4.78. The number of hydrogen-bond donors (Lipinski definition) is 1. The number of thiazole rings is 1. The van der Waals surface area contributed by atoms with Crippen LogP contribution in [-0.2, 0) is 13.0 Å². The Labute approximate surface area is 122 Å². The molecule has 0 saturated carbocycles. The van der Waals surface area contributed by atoms with Gasteiger partial charge in [0.2, 0.25) is 0 Å². The van der Waals surface area contributed by atoms with Crippen LogP contribution in [0.3, 0.4) is 0 Å². The second-order valence-corrected chi connectivity index (χ2v) is 6.46. The second-order valence-electron chi connectivity index (χ2n) is 5.25. The number of aryl methyl sites for hydroxylation is 3. The van der Waals surface area contributed by atoms with Crippen molar-refractivity contribution in [2.75, 3.05) is 6.54 Å². The van der Waals surface area contributed by atoms with Gasteiger partial charge in [0, 0.05) is 31.9 Å². The van der Waals surface area contributed by atoms with E-state index in [2.05, 4.69) is 19.9 Å². The molecule has 6 heteroatoms. The fourth-order valence-corrected chi connectivity index (χ4v) is 3.49. The van der Waals surface area contributed by atoms with E-state index in [0.29, 0.717) is 12.5 Å². The van der Waals surface area contributed by atoms with Gasteiger partial charge in [0.05, 0.1) is 10.7 Å². The van der Waals surface area contributed by atoms with Crippen LogP contribution < -0.4 is 5.32 Å². The first-order chi connectivity index (χ1) is 9.63. The third kappa shape index (κ3) is 2.60. The maximum atomic E-state index is 12.2. The smallest absolute Gasteiger partial charge is 0.263 e. The zero-order valence-corrected chi connectivity index (χ0v) is 12.5. The molecule has 1 amide bonds. The molecule has 0 unspecified atom stereocenters. The van der Waals surface area contributed by atoms with E-state index < -0.39 is 0 Å². The van der Waals surface area contributed by atoms with E-state index in [1.807, 2.05) is 26.2 Å². The first-order valence-electron chi connectivity index (χ1n) is 6.85. The van der Waals surface area contributed by atoms with Gasteiger partial charge in [0.25, 0.3) is 5.91 Å². The Morgan fingerprint density at radius 3 is 3.15 bits per heavy atom. The Morgan fingerprint density at radius 1 is 1.55 bits per heavy atom. The topological polar surface area (TPSA) is 59.8 Å². The molecule has 3 rings (SSSR count). The molecule has 0 fully saturated rings. The first kappa shape index (κ1) is 13.3. The predicted molar refractivity (Wildman–Crippen MR) is 78.0 cm³/mol. The molecule has 5 nitrogen and oxygen atoms in total. The van der Waals surface area contributed by atoms with E-state index in [-0.39, 0.29) is 5.91 Å². The molecule has 2 aromatic rings. The summed E-state index contributed by atoms with van der Waals surface area (Å²) in [7, 11) is 0. The summed E-state index contributed by atoms with van der Waals surface area (Å²) < 4.78 is 2.19. The molecular weight excluding hydrogens is 272 g/mol. The Hall–Kier alpha value is -1.69. The molecule has 3 heterocycles. The summed E-state index contributed by atoms with van der Waals surface area (Å²) in [5.41, 5.74) is 0.823. The highest BCUT2D eigenvalue weighted by molar-refractivity contribution is 7.13. The molecule has 0 aliphatic carbocycles. The zero-order chi connectivity index (χ0) is 14.1. The van der Waals surface area contributed by atoms with Crippen LogP contribution in [0.25, 0.3) is 0 Å². The molecule has 0 aromatic carbocycles. The van der Waals surface area contributed by atoms with Crippen molar-refractivity contribution >= 4 is 17.2 Å². The maximum absolute atomic E-state index is 12.2. The monoisotopic (exact) mass is 290 g/mol. The minimum atomic E-state index is 0.00187. The average molecular weight is 290 g/mol. The summed E-state index contributed by atoms with van der Waals surface area (Å²) in [5.74, 6) is 1.60. The normalized spacial score (nSPS) is 17.8. The molecule has 0 radical (unpaired) electrons. The molecule has 0 saturated heterocycles. The molecule has 0 spiro atoms. The number of carbonyl (C=O) groups is 1. The molecule has 1 aliphatic heterocycles. The van der Waals surface area contributed by atoms with E-state index >= 15 is 0 Å². The SMILES string of the molecule is Cc1nc(C)c(C(=O)NC[C@H]2CCn3ccnc3C2)s1. The Morgan fingerprint density at radius 2 is 2.40 bits per heavy atom. The molecule has 0 bridgehead atoms. The van der Waals surface area contributed by atoms with Crippen molar-refractivity contribution < 1.29 is 4.79 Å². The summed E-state index contributed by atoms with van der Waals surface area (Å²) in [6, 6.07) is 0. The minimum absolute atomic E-state index is 0.00187. The van der Waals surface area contributed by atoms with Crippen molar-refractivity contribution in [2.45, 2.75) is 33.2 Å². The van der Waals surface area contributed by atoms with Crippen molar-refractivity contribution in [1.29, 1.82) is 0 Å². The number of nitrogens with zero attached hydrogens (tertiary/aromatic N) is 3. The molecule has 2 aromatic heterocycles. The lowest BCUT2D eigenvalue weighted by Gasteiger charge is -2.23. The van der Waals surface area contributed by atoms with Crippen LogP contribution in [0.5, 0.6) is 0 Å². The van der Waals surface area contributed by atoms with E-state index in [4.69, 9.17) is 0 Å². The van der Waals surface area contributed by atoms with E-state index in [9.17, 15) is 4.79 Å². The number of hydrogen-bond acceptors (Lipinski definition) is 4. The van der Waals surface area contributed by atoms with Crippen LogP contribution >= 0.6 is 11.3 Å². The van der Waals surface area contributed by atoms with Gasteiger partial charge >= 0.3 is 0 Å². The van der Waals surface area contributed by atoms with Crippen molar-refractivity contribution in [1.82, 2.24) is 19.9 Å². The number of imidazole rings is 1. The van der Waals surface area contributed by atoms with Gasteiger partial charge < -0.3 is 9.88 Å².